The first-order valence-corrected chi connectivity index (χ1v) is 9.34. The Morgan fingerprint density at radius 2 is 1.59 bits per heavy atom. The summed E-state index contributed by atoms with van der Waals surface area (Å²) in [5.41, 5.74) is 3.49. The second kappa shape index (κ2) is 9.04. The minimum absolute atomic E-state index is 0.0342. The Hall–Kier alpha value is -3.07. The van der Waals surface area contributed by atoms with Crippen molar-refractivity contribution in [2.45, 2.75) is 26.3 Å². The maximum atomic E-state index is 12.9. The molecule has 3 heteroatoms. The lowest BCUT2D eigenvalue weighted by Crippen LogP contribution is -2.20. The largest absolute Gasteiger partial charge is 0.494 e. The van der Waals surface area contributed by atoms with Crippen molar-refractivity contribution in [3.05, 3.63) is 95.6 Å². The standard InChI is InChI=1S/C24H25NO2/c1-3-27-21-15-13-19(14-16-21)17-18(2)25-23-12-8-7-11-22(23)24(26)20-9-5-4-6-10-20/h4-16,18,25H,3,17H2,1-2H3. The molecule has 1 atom stereocenters. The summed E-state index contributed by atoms with van der Waals surface area (Å²) in [5, 5.41) is 3.50. The van der Waals surface area contributed by atoms with Gasteiger partial charge in [-0.2, -0.15) is 0 Å². The number of carbonyl (C=O) groups is 1. The second-order valence-electron chi connectivity index (χ2n) is 6.57. The first-order valence-electron chi connectivity index (χ1n) is 9.34. The number of nitrogens with one attached hydrogen (secondary N) is 1. The van der Waals surface area contributed by atoms with Crippen molar-refractivity contribution < 1.29 is 9.53 Å². The van der Waals surface area contributed by atoms with Crippen molar-refractivity contribution in [3.8, 4) is 5.75 Å². The third-order valence-corrected chi connectivity index (χ3v) is 4.39. The summed E-state index contributed by atoms with van der Waals surface area (Å²) in [7, 11) is 0. The predicted octanol–water partition coefficient (Wildman–Crippen LogP) is 5.36. The van der Waals surface area contributed by atoms with Gasteiger partial charge in [-0.15, -0.1) is 0 Å². The fourth-order valence-corrected chi connectivity index (χ4v) is 3.11. The van der Waals surface area contributed by atoms with Crippen LogP contribution in [0.15, 0.2) is 78.9 Å². The number of para-hydroxylation sites is 1. The molecule has 3 aromatic carbocycles. The van der Waals surface area contributed by atoms with E-state index in [1.165, 1.54) is 5.56 Å². The molecule has 0 fully saturated rings. The molecule has 0 spiro atoms. The first kappa shape index (κ1) is 18.7. The highest BCUT2D eigenvalue weighted by Crippen LogP contribution is 2.21. The van der Waals surface area contributed by atoms with Crippen LogP contribution in [-0.2, 0) is 6.42 Å². The Balaban J connectivity index is 1.71. The van der Waals surface area contributed by atoms with Gasteiger partial charge in [-0.3, -0.25) is 4.79 Å². The van der Waals surface area contributed by atoms with Gasteiger partial charge in [0.2, 0.25) is 0 Å². The number of anilines is 1. The Morgan fingerprint density at radius 1 is 0.926 bits per heavy atom. The van der Waals surface area contributed by atoms with Crippen LogP contribution in [0.2, 0.25) is 0 Å². The SMILES string of the molecule is CCOc1ccc(CC(C)Nc2ccccc2C(=O)c2ccccc2)cc1. The first-order chi connectivity index (χ1) is 13.2. The summed E-state index contributed by atoms with van der Waals surface area (Å²) >= 11 is 0. The van der Waals surface area contributed by atoms with Crippen molar-refractivity contribution in [1.82, 2.24) is 0 Å². The zero-order valence-electron chi connectivity index (χ0n) is 15.8. The van der Waals surface area contributed by atoms with Crippen molar-refractivity contribution in [2.24, 2.45) is 0 Å². The number of rotatable bonds is 8. The zero-order chi connectivity index (χ0) is 19.1. The second-order valence-corrected chi connectivity index (χ2v) is 6.57. The van der Waals surface area contributed by atoms with Gasteiger partial charge in [0.1, 0.15) is 5.75 Å². The molecular formula is C24H25NO2. The Labute approximate surface area is 161 Å². The molecule has 0 bridgehead atoms. The fourth-order valence-electron chi connectivity index (χ4n) is 3.11. The minimum atomic E-state index is 0.0342. The molecule has 0 saturated heterocycles. The number of ether oxygens (including phenoxy) is 1. The van der Waals surface area contributed by atoms with Crippen molar-refractivity contribution in [1.29, 1.82) is 0 Å². The zero-order valence-corrected chi connectivity index (χ0v) is 15.8. The van der Waals surface area contributed by atoms with E-state index in [2.05, 4.69) is 24.4 Å². The van der Waals surface area contributed by atoms with Crippen molar-refractivity contribution in [3.63, 3.8) is 0 Å². The maximum absolute atomic E-state index is 12.9. The topological polar surface area (TPSA) is 38.3 Å². The fraction of sp³-hybridized carbons (Fsp3) is 0.208. The van der Waals surface area contributed by atoms with Crippen LogP contribution in [0.5, 0.6) is 5.75 Å². The van der Waals surface area contributed by atoms with Crippen LogP contribution in [0.4, 0.5) is 5.69 Å². The van der Waals surface area contributed by atoms with Gasteiger partial charge in [-0.1, -0.05) is 54.6 Å². The maximum Gasteiger partial charge on any atom is 0.195 e. The van der Waals surface area contributed by atoms with E-state index in [0.29, 0.717) is 17.7 Å². The molecule has 0 radical (unpaired) electrons. The molecule has 0 aliphatic rings. The predicted molar refractivity (Wildman–Crippen MR) is 111 cm³/mol. The van der Waals surface area contributed by atoms with E-state index < -0.39 is 0 Å². The Kier molecular flexibility index (Phi) is 6.26. The van der Waals surface area contributed by atoms with Gasteiger partial charge in [0.25, 0.3) is 0 Å². The summed E-state index contributed by atoms with van der Waals surface area (Å²) in [5.74, 6) is 0.924. The average molecular weight is 359 g/mol. The third kappa shape index (κ3) is 4.98. The highest BCUT2D eigenvalue weighted by atomic mass is 16.5. The number of carbonyl (C=O) groups excluding carboxylic acids is 1. The van der Waals surface area contributed by atoms with E-state index >= 15 is 0 Å². The Bertz CT molecular complexity index is 872. The van der Waals surface area contributed by atoms with Gasteiger partial charge in [0.05, 0.1) is 6.61 Å². The summed E-state index contributed by atoms with van der Waals surface area (Å²) < 4.78 is 5.49. The monoisotopic (exact) mass is 359 g/mol. The van der Waals surface area contributed by atoms with Gasteiger partial charge >= 0.3 is 0 Å². The molecule has 3 aromatic rings. The van der Waals surface area contributed by atoms with E-state index in [0.717, 1.165) is 17.9 Å². The third-order valence-electron chi connectivity index (χ3n) is 4.39. The quantitative estimate of drug-likeness (QED) is 0.550. The molecule has 0 heterocycles. The molecule has 1 unspecified atom stereocenters. The van der Waals surface area contributed by atoms with E-state index in [1.807, 2.05) is 73.7 Å². The summed E-state index contributed by atoms with van der Waals surface area (Å²) in [6.07, 6.45) is 0.861. The van der Waals surface area contributed by atoms with Gasteiger partial charge in [0, 0.05) is 22.9 Å². The van der Waals surface area contributed by atoms with E-state index in [1.54, 1.807) is 0 Å². The highest BCUT2D eigenvalue weighted by molar-refractivity contribution is 6.12. The number of ketones is 1. The van der Waals surface area contributed by atoms with Crippen LogP contribution >= 0.6 is 0 Å². The number of hydrogen-bond donors (Lipinski definition) is 1. The molecule has 3 rings (SSSR count). The lowest BCUT2D eigenvalue weighted by Gasteiger charge is -2.18. The molecule has 1 N–H and O–H groups in total. The molecule has 0 saturated carbocycles. The molecule has 0 aliphatic carbocycles. The molecular weight excluding hydrogens is 334 g/mol. The lowest BCUT2D eigenvalue weighted by molar-refractivity contribution is 0.103. The van der Waals surface area contributed by atoms with E-state index in [9.17, 15) is 4.79 Å². The molecule has 138 valence electrons. The van der Waals surface area contributed by atoms with E-state index in [4.69, 9.17) is 4.74 Å². The molecule has 27 heavy (non-hydrogen) atoms. The van der Waals surface area contributed by atoms with Crippen LogP contribution in [0.3, 0.4) is 0 Å². The summed E-state index contributed by atoms with van der Waals surface area (Å²) in [6.45, 7) is 4.78. The number of benzene rings is 3. The Morgan fingerprint density at radius 3 is 2.30 bits per heavy atom. The average Bonchev–Trinajstić information content (AvgIpc) is 2.70. The van der Waals surface area contributed by atoms with Crippen molar-refractivity contribution in [2.75, 3.05) is 11.9 Å². The van der Waals surface area contributed by atoms with Gasteiger partial charge in [0.15, 0.2) is 5.78 Å². The summed E-state index contributed by atoms with van der Waals surface area (Å²) in [4.78, 5) is 12.9. The molecule has 0 aromatic heterocycles. The lowest BCUT2D eigenvalue weighted by atomic mass is 10.0. The molecule has 0 aliphatic heterocycles. The van der Waals surface area contributed by atoms with Gasteiger partial charge < -0.3 is 10.1 Å². The van der Waals surface area contributed by atoms with Crippen LogP contribution in [0.25, 0.3) is 0 Å². The van der Waals surface area contributed by atoms with Crippen LogP contribution in [0.1, 0.15) is 35.3 Å². The van der Waals surface area contributed by atoms with Gasteiger partial charge in [-0.25, -0.2) is 0 Å². The molecule has 0 amide bonds. The van der Waals surface area contributed by atoms with Crippen LogP contribution in [0, 0.1) is 0 Å². The highest BCUT2D eigenvalue weighted by Gasteiger charge is 2.14. The summed E-state index contributed by atoms with van der Waals surface area (Å²) in [6, 6.07) is 25.4. The molecule has 3 nitrogen and oxygen atoms in total. The number of hydrogen-bond acceptors (Lipinski definition) is 3. The minimum Gasteiger partial charge on any atom is -0.494 e. The van der Waals surface area contributed by atoms with Crippen molar-refractivity contribution >= 4 is 11.5 Å². The van der Waals surface area contributed by atoms with E-state index in [-0.39, 0.29) is 11.8 Å². The van der Waals surface area contributed by atoms with Gasteiger partial charge in [-0.05, 0) is 50.1 Å². The van der Waals surface area contributed by atoms with Crippen LogP contribution in [-0.4, -0.2) is 18.4 Å². The van der Waals surface area contributed by atoms with Crippen LogP contribution < -0.4 is 10.1 Å². The smallest absolute Gasteiger partial charge is 0.195 e. The normalized spacial score (nSPS) is 11.6.